The molecule has 0 spiro atoms. The number of carbonyl (C=O) groups excluding carboxylic acids is 1. The molecule has 0 fully saturated rings. The lowest BCUT2D eigenvalue weighted by Crippen LogP contribution is -2.43. The van der Waals surface area contributed by atoms with Gasteiger partial charge in [0.1, 0.15) is 6.10 Å². The summed E-state index contributed by atoms with van der Waals surface area (Å²) in [6.45, 7) is -0.278. The van der Waals surface area contributed by atoms with E-state index >= 15 is 0 Å². The van der Waals surface area contributed by atoms with Gasteiger partial charge in [0.25, 0.3) is 0 Å². The van der Waals surface area contributed by atoms with E-state index in [0.29, 0.717) is 0 Å². The minimum Gasteiger partial charge on any atom is -0.451 e. The van der Waals surface area contributed by atoms with E-state index in [2.05, 4.69) is 0 Å². The van der Waals surface area contributed by atoms with Crippen LogP contribution in [0.2, 0.25) is 0 Å². The molecule has 0 N–H and O–H groups in total. The lowest BCUT2D eigenvalue weighted by atomic mass is 10.0. The molecule has 0 aliphatic carbocycles. The fraction of sp³-hybridized carbons (Fsp3) is 0.178. The average Bonchev–Trinajstić information content (AvgIpc) is 3.24. The fourth-order valence-electron chi connectivity index (χ4n) is 5.59. The van der Waals surface area contributed by atoms with Crippen LogP contribution in [0.25, 0.3) is 0 Å². The summed E-state index contributed by atoms with van der Waals surface area (Å²) >= 11 is 0. The third kappa shape index (κ3) is 11.9. The first kappa shape index (κ1) is 38.5. The van der Waals surface area contributed by atoms with Gasteiger partial charge in [-0.2, -0.15) is 0 Å². The number of benzene rings is 6. The number of hydrogen-bond acceptors (Lipinski definition) is 8. The highest BCUT2D eigenvalue weighted by Crippen LogP contribution is 2.51. The highest BCUT2D eigenvalue weighted by atomic mass is 31.2. The number of phosphoric ester groups is 1. The maximum atomic E-state index is 14.5. The standard InChI is InChI=1S/C45H43O8P/c46-45(53-43(40-27-15-5-16-28-40)41-29-17-6-18-30-41)44(49-32-37-21-9-2-10-22-37)42(48-31-36-19-7-1-8-20-36)35-52-54(47,50-33-38-23-11-3-12-24-38)51-34-39-25-13-4-14-26-39/h1-30,42-44H,31-35H2/t42-,44-/m1/s1. The minimum atomic E-state index is -4.26. The minimum absolute atomic E-state index is 0.0335. The maximum absolute atomic E-state index is 14.5. The van der Waals surface area contributed by atoms with Gasteiger partial charge < -0.3 is 14.2 Å². The van der Waals surface area contributed by atoms with E-state index in [1.54, 1.807) is 0 Å². The molecule has 0 radical (unpaired) electrons. The Labute approximate surface area is 316 Å². The van der Waals surface area contributed by atoms with Crippen molar-refractivity contribution in [3.05, 3.63) is 215 Å². The molecule has 0 aliphatic rings. The number of phosphoric acid groups is 1. The predicted molar refractivity (Wildman–Crippen MR) is 207 cm³/mol. The molecule has 0 saturated heterocycles. The van der Waals surface area contributed by atoms with Crippen LogP contribution in [0.3, 0.4) is 0 Å². The monoisotopic (exact) mass is 742 g/mol. The smallest absolute Gasteiger partial charge is 0.451 e. The van der Waals surface area contributed by atoms with Crippen LogP contribution in [0.15, 0.2) is 182 Å². The molecule has 0 bridgehead atoms. The Balaban J connectivity index is 1.30. The quantitative estimate of drug-likeness (QED) is 0.0564. The Morgan fingerprint density at radius 1 is 0.444 bits per heavy atom. The zero-order valence-corrected chi connectivity index (χ0v) is 30.7. The summed E-state index contributed by atoms with van der Waals surface area (Å²) in [7, 11) is -4.26. The fourth-order valence-corrected chi connectivity index (χ4v) is 6.75. The Bertz CT molecular complexity index is 1910. The SMILES string of the molecule is O=C(OC(c1ccccc1)c1ccccc1)[C@H](OCc1ccccc1)[C@@H](COP(=O)(OCc1ccccc1)OCc1ccccc1)OCc1ccccc1. The van der Waals surface area contributed by atoms with E-state index in [9.17, 15) is 9.36 Å². The normalized spacial score (nSPS) is 12.6. The lowest BCUT2D eigenvalue weighted by Gasteiger charge is -2.29. The molecule has 0 aliphatic heterocycles. The molecule has 8 nitrogen and oxygen atoms in total. The first-order valence-electron chi connectivity index (χ1n) is 17.8. The van der Waals surface area contributed by atoms with E-state index in [4.69, 9.17) is 27.8 Å². The lowest BCUT2D eigenvalue weighted by molar-refractivity contribution is -0.177. The molecule has 9 heteroatoms. The average molecular weight is 743 g/mol. The molecule has 6 rings (SSSR count). The molecule has 0 heterocycles. The highest BCUT2D eigenvalue weighted by molar-refractivity contribution is 7.48. The first-order valence-corrected chi connectivity index (χ1v) is 19.2. The summed E-state index contributed by atoms with van der Waals surface area (Å²) in [5.74, 6) is -0.685. The van der Waals surface area contributed by atoms with Crippen molar-refractivity contribution in [1.82, 2.24) is 0 Å². The van der Waals surface area contributed by atoms with Gasteiger partial charge in [0, 0.05) is 0 Å². The van der Waals surface area contributed by atoms with Crippen LogP contribution in [-0.2, 0) is 63.6 Å². The molecule has 0 unspecified atom stereocenters. The summed E-state index contributed by atoms with van der Waals surface area (Å²) < 4.78 is 51.4. The zero-order valence-electron chi connectivity index (χ0n) is 29.8. The topological polar surface area (TPSA) is 89.5 Å². The van der Waals surface area contributed by atoms with Gasteiger partial charge in [-0.25, -0.2) is 9.36 Å². The van der Waals surface area contributed by atoms with Crippen molar-refractivity contribution in [1.29, 1.82) is 0 Å². The number of esters is 1. The Morgan fingerprint density at radius 2 is 0.796 bits per heavy atom. The third-order valence-electron chi connectivity index (χ3n) is 8.45. The van der Waals surface area contributed by atoms with Crippen LogP contribution in [0.5, 0.6) is 0 Å². The van der Waals surface area contributed by atoms with Crippen molar-refractivity contribution in [3.63, 3.8) is 0 Å². The summed E-state index contributed by atoms with van der Waals surface area (Å²) in [5, 5.41) is 0. The van der Waals surface area contributed by atoms with Gasteiger partial charge >= 0.3 is 13.8 Å². The van der Waals surface area contributed by atoms with Gasteiger partial charge in [-0.1, -0.05) is 182 Å². The maximum Gasteiger partial charge on any atom is 0.475 e. The zero-order chi connectivity index (χ0) is 37.3. The molecule has 0 amide bonds. The molecule has 276 valence electrons. The van der Waals surface area contributed by atoms with Crippen LogP contribution in [0.4, 0.5) is 0 Å². The molecule has 6 aromatic carbocycles. The van der Waals surface area contributed by atoms with E-state index < -0.39 is 32.1 Å². The number of rotatable bonds is 20. The molecule has 2 atom stereocenters. The van der Waals surface area contributed by atoms with Crippen molar-refractivity contribution in [2.75, 3.05) is 6.61 Å². The molecule has 0 aromatic heterocycles. The third-order valence-corrected chi connectivity index (χ3v) is 9.81. The number of carbonyl (C=O) groups is 1. The second-order valence-corrected chi connectivity index (χ2v) is 14.1. The number of ether oxygens (including phenoxy) is 3. The molecular weight excluding hydrogens is 699 g/mol. The summed E-state index contributed by atoms with van der Waals surface area (Å²) in [5.41, 5.74) is 4.82. The van der Waals surface area contributed by atoms with Crippen LogP contribution in [-0.4, -0.2) is 24.8 Å². The van der Waals surface area contributed by atoms with E-state index in [0.717, 1.165) is 33.4 Å². The Morgan fingerprint density at radius 3 is 1.20 bits per heavy atom. The van der Waals surface area contributed by atoms with Gasteiger partial charge in [0.05, 0.1) is 33.0 Å². The Hall–Kier alpha value is -5.18. The van der Waals surface area contributed by atoms with Crippen LogP contribution in [0, 0.1) is 0 Å². The highest BCUT2D eigenvalue weighted by Gasteiger charge is 2.38. The van der Waals surface area contributed by atoms with Crippen molar-refractivity contribution in [3.8, 4) is 0 Å². The molecular formula is C45H43O8P. The second kappa shape index (κ2) is 20.3. The van der Waals surface area contributed by atoms with Crippen molar-refractivity contribution in [2.24, 2.45) is 0 Å². The predicted octanol–water partition coefficient (Wildman–Crippen LogP) is 10.0. The van der Waals surface area contributed by atoms with Gasteiger partial charge in [-0.15, -0.1) is 0 Å². The second-order valence-electron chi connectivity index (χ2n) is 12.5. The number of hydrogen-bond donors (Lipinski definition) is 0. The molecule has 6 aromatic rings. The van der Waals surface area contributed by atoms with Gasteiger partial charge in [-0.3, -0.25) is 13.6 Å². The van der Waals surface area contributed by atoms with E-state index in [1.807, 2.05) is 182 Å². The summed E-state index contributed by atoms with van der Waals surface area (Å²) in [6, 6.07) is 56.7. The van der Waals surface area contributed by atoms with Crippen LogP contribution in [0.1, 0.15) is 39.5 Å². The molecule has 0 saturated carbocycles. The van der Waals surface area contributed by atoms with E-state index in [-0.39, 0.29) is 33.0 Å². The van der Waals surface area contributed by atoms with Crippen LogP contribution < -0.4 is 0 Å². The van der Waals surface area contributed by atoms with Crippen molar-refractivity contribution in [2.45, 2.75) is 44.7 Å². The van der Waals surface area contributed by atoms with Gasteiger partial charge in [0.2, 0.25) is 0 Å². The van der Waals surface area contributed by atoms with Gasteiger partial charge in [0.15, 0.2) is 12.2 Å². The largest absolute Gasteiger partial charge is 0.475 e. The summed E-state index contributed by atoms with van der Waals surface area (Å²) in [4.78, 5) is 14.5. The van der Waals surface area contributed by atoms with Gasteiger partial charge in [-0.05, 0) is 33.4 Å². The summed E-state index contributed by atoms with van der Waals surface area (Å²) in [6.07, 6.45) is -3.17. The van der Waals surface area contributed by atoms with Crippen molar-refractivity contribution >= 4 is 13.8 Å². The first-order chi connectivity index (χ1) is 26.5. The molecule has 54 heavy (non-hydrogen) atoms. The van der Waals surface area contributed by atoms with Crippen LogP contribution >= 0.6 is 7.82 Å². The van der Waals surface area contributed by atoms with E-state index in [1.165, 1.54) is 0 Å². The Kier molecular flexibility index (Phi) is 14.5. The van der Waals surface area contributed by atoms with Crippen molar-refractivity contribution < 1.29 is 37.1 Å².